The van der Waals surface area contributed by atoms with Gasteiger partial charge in [0.15, 0.2) is 6.61 Å². The fraction of sp³-hybridized carbons (Fsp3) is 0.231. The zero-order valence-electron chi connectivity index (χ0n) is 10.6. The first-order chi connectivity index (χ1) is 9.08. The molecule has 1 amide bonds. The molecule has 19 heavy (non-hydrogen) atoms. The normalized spacial score (nSPS) is 14.3. The number of nitrogens with zero attached hydrogens (tertiary/aromatic N) is 3. The molecule has 1 aromatic carbocycles. The van der Waals surface area contributed by atoms with E-state index >= 15 is 0 Å². The van der Waals surface area contributed by atoms with Gasteiger partial charge in [0.2, 0.25) is 0 Å². The number of ether oxygens (including phenoxy) is 1. The van der Waals surface area contributed by atoms with E-state index in [0.717, 1.165) is 27.3 Å². The van der Waals surface area contributed by atoms with Crippen LogP contribution in [0.3, 0.4) is 0 Å². The van der Waals surface area contributed by atoms with Gasteiger partial charge in [0, 0.05) is 19.7 Å². The number of aryl methyl sites for hydroxylation is 1. The van der Waals surface area contributed by atoms with Gasteiger partial charge in [0.1, 0.15) is 10.4 Å². The second-order valence-electron chi connectivity index (χ2n) is 4.42. The second kappa shape index (κ2) is 4.38. The summed E-state index contributed by atoms with van der Waals surface area (Å²) in [6.45, 7) is 0.0955. The number of carbonyl (C=O) groups is 1. The summed E-state index contributed by atoms with van der Waals surface area (Å²) in [6, 6.07) is 5.78. The van der Waals surface area contributed by atoms with Crippen LogP contribution in [0, 0.1) is 0 Å². The topological polar surface area (TPSA) is 47.4 Å². The minimum absolute atomic E-state index is 0.0475. The summed E-state index contributed by atoms with van der Waals surface area (Å²) in [5, 5.41) is 0. The Morgan fingerprint density at radius 3 is 2.84 bits per heavy atom. The van der Waals surface area contributed by atoms with E-state index in [1.54, 1.807) is 18.3 Å². The van der Waals surface area contributed by atoms with Crippen LogP contribution in [-0.2, 0) is 11.8 Å². The highest BCUT2D eigenvalue weighted by atomic mass is 79.9. The number of imidazole rings is 1. The molecule has 0 aliphatic carbocycles. The van der Waals surface area contributed by atoms with Crippen molar-refractivity contribution in [2.24, 2.45) is 7.05 Å². The highest BCUT2D eigenvalue weighted by Crippen LogP contribution is 2.36. The molecule has 0 fully saturated rings. The first-order valence-corrected chi connectivity index (χ1v) is 6.58. The van der Waals surface area contributed by atoms with E-state index < -0.39 is 0 Å². The van der Waals surface area contributed by atoms with Gasteiger partial charge < -0.3 is 14.2 Å². The molecular weight excluding hydrogens is 310 g/mol. The molecule has 0 bridgehead atoms. The van der Waals surface area contributed by atoms with Crippen LogP contribution in [0.15, 0.2) is 29.1 Å². The predicted molar refractivity (Wildman–Crippen MR) is 75.2 cm³/mol. The Balaban J connectivity index is 2.14. The summed E-state index contributed by atoms with van der Waals surface area (Å²) in [6.07, 6.45) is 1.74. The summed E-state index contributed by atoms with van der Waals surface area (Å²) in [5.74, 6) is 0.679. The molecular formula is C13H12BrN3O2. The number of likely N-dealkylation sites (N-methyl/N-ethyl adjacent to an activating group) is 1. The SMILES string of the molecule is CN1C(=O)COc2ccc(-c3c(Br)ncn3C)cc21. The third-order valence-corrected chi connectivity index (χ3v) is 3.79. The number of fused-ring (bicyclic) bond motifs is 1. The molecule has 5 nitrogen and oxygen atoms in total. The van der Waals surface area contributed by atoms with Crippen LogP contribution in [-0.4, -0.2) is 29.1 Å². The van der Waals surface area contributed by atoms with Crippen molar-refractivity contribution in [3.63, 3.8) is 0 Å². The van der Waals surface area contributed by atoms with Crippen LogP contribution in [0.1, 0.15) is 0 Å². The summed E-state index contributed by atoms with van der Waals surface area (Å²) >= 11 is 3.43. The Bertz CT molecular complexity index is 646. The number of hydrogen-bond acceptors (Lipinski definition) is 3. The number of hydrogen-bond donors (Lipinski definition) is 0. The fourth-order valence-electron chi connectivity index (χ4n) is 2.14. The van der Waals surface area contributed by atoms with Crippen molar-refractivity contribution in [3.8, 4) is 17.0 Å². The number of amides is 1. The van der Waals surface area contributed by atoms with Crippen molar-refractivity contribution in [3.05, 3.63) is 29.1 Å². The monoisotopic (exact) mass is 321 g/mol. The molecule has 0 radical (unpaired) electrons. The molecule has 2 aromatic rings. The van der Waals surface area contributed by atoms with Crippen molar-refractivity contribution in [2.75, 3.05) is 18.6 Å². The Labute approximate surface area is 118 Å². The Morgan fingerprint density at radius 1 is 1.37 bits per heavy atom. The van der Waals surface area contributed by atoms with Gasteiger partial charge in [0.25, 0.3) is 5.91 Å². The zero-order valence-corrected chi connectivity index (χ0v) is 12.1. The molecule has 1 aliphatic heterocycles. The molecule has 0 atom stereocenters. The lowest BCUT2D eigenvalue weighted by Gasteiger charge is -2.26. The van der Waals surface area contributed by atoms with E-state index in [2.05, 4.69) is 20.9 Å². The zero-order chi connectivity index (χ0) is 13.6. The summed E-state index contributed by atoms with van der Waals surface area (Å²) in [7, 11) is 3.68. The largest absolute Gasteiger partial charge is 0.482 e. The quantitative estimate of drug-likeness (QED) is 0.809. The van der Waals surface area contributed by atoms with E-state index in [4.69, 9.17) is 4.74 Å². The number of benzene rings is 1. The van der Waals surface area contributed by atoms with Crippen molar-refractivity contribution in [2.45, 2.75) is 0 Å². The highest BCUT2D eigenvalue weighted by molar-refractivity contribution is 9.10. The molecule has 0 spiro atoms. The number of aromatic nitrogens is 2. The predicted octanol–water partition coefficient (Wildman–Crippen LogP) is 2.20. The van der Waals surface area contributed by atoms with Crippen LogP contribution < -0.4 is 9.64 Å². The molecule has 0 N–H and O–H groups in total. The molecule has 98 valence electrons. The number of halogens is 1. The maximum atomic E-state index is 11.7. The fourth-order valence-corrected chi connectivity index (χ4v) is 2.74. The van der Waals surface area contributed by atoms with Gasteiger partial charge in [0.05, 0.1) is 17.7 Å². The lowest BCUT2D eigenvalue weighted by Crippen LogP contribution is -2.35. The first kappa shape index (κ1) is 12.2. The van der Waals surface area contributed by atoms with Gasteiger partial charge in [-0.15, -0.1) is 0 Å². The number of anilines is 1. The summed E-state index contributed by atoms with van der Waals surface area (Å²) < 4.78 is 8.12. The van der Waals surface area contributed by atoms with E-state index in [9.17, 15) is 4.79 Å². The summed E-state index contributed by atoms with van der Waals surface area (Å²) in [5.41, 5.74) is 2.73. The number of carbonyl (C=O) groups excluding carboxylic acids is 1. The molecule has 1 aromatic heterocycles. The Morgan fingerprint density at radius 2 is 2.16 bits per heavy atom. The average Bonchev–Trinajstić information content (AvgIpc) is 2.73. The molecule has 6 heteroatoms. The Kier molecular flexibility index (Phi) is 2.82. The molecule has 0 saturated heterocycles. The van der Waals surface area contributed by atoms with Crippen LogP contribution in [0.4, 0.5) is 5.69 Å². The summed E-state index contributed by atoms with van der Waals surface area (Å²) in [4.78, 5) is 17.5. The lowest BCUT2D eigenvalue weighted by molar-refractivity contribution is -0.120. The molecule has 1 aliphatic rings. The molecule has 3 rings (SSSR count). The minimum atomic E-state index is -0.0475. The van der Waals surface area contributed by atoms with Crippen LogP contribution in [0.5, 0.6) is 5.75 Å². The van der Waals surface area contributed by atoms with Crippen molar-refractivity contribution < 1.29 is 9.53 Å². The van der Waals surface area contributed by atoms with E-state index in [1.807, 2.05) is 29.8 Å². The van der Waals surface area contributed by atoms with E-state index in [0.29, 0.717) is 0 Å². The van der Waals surface area contributed by atoms with Crippen molar-refractivity contribution >= 4 is 27.5 Å². The molecule has 0 unspecified atom stereocenters. The maximum Gasteiger partial charge on any atom is 0.264 e. The van der Waals surface area contributed by atoms with Gasteiger partial charge in [-0.25, -0.2) is 4.98 Å². The maximum absolute atomic E-state index is 11.7. The van der Waals surface area contributed by atoms with Crippen molar-refractivity contribution in [1.29, 1.82) is 0 Å². The standard InChI is InChI=1S/C13H12BrN3O2/c1-16-7-15-13(14)12(16)8-3-4-10-9(5-8)17(2)11(18)6-19-10/h3-5,7H,6H2,1-2H3. The molecule has 0 saturated carbocycles. The Hall–Kier alpha value is -1.82. The van der Waals surface area contributed by atoms with Gasteiger partial charge >= 0.3 is 0 Å². The van der Waals surface area contributed by atoms with Gasteiger partial charge in [-0.3, -0.25) is 4.79 Å². The highest BCUT2D eigenvalue weighted by Gasteiger charge is 2.23. The number of rotatable bonds is 1. The van der Waals surface area contributed by atoms with Crippen LogP contribution in [0.2, 0.25) is 0 Å². The van der Waals surface area contributed by atoms with Gasteiger partial charge in [-0.05, 0) is 34.1 Å². The smallest absolute Gasteiger partial charge is 0.264 e. The van der Waals surface area contributed by atoms with E-state index in [1.165, 1.54) is 0 Å². The first-order valence-electron chi connectivity index (χ1n) is 5.78. The third-order valence-electron chi connectivity index (χ3n) is 3.21. The lowest BCUT2D eigenvalue weighted by atomic mass is 10.1. The van der Waals surface area contributed by atoms with Crippen LogP contribution >= 0.6 is 15.9 Å². The molecule has 2 heterocycles. The van der Waals surface area contributed by atoms with Gasteiger partial charge in [-0.2, -0.15) is 0 Å². The second-order valence-corrected chi connectivity index (χ2v) is 5.17. The van der Waals surface area contributed by atoms with Crippen LogP contribution in [0.25, 0.3) is 11.3 Å². The third kappa shape index (κ3) is 1.92. The minimum Gasteiger partial charge on any atom is -0.482 e. The van der Waals surface area contributed by atoms with Crippen molar-refractivity contribution in [1.82, 2.24) is 9.55 Å². The van der Waals surface area contributed by atoms with Gasteiger partial charge in [-0.1, -0.05) is 0 Å². The van der Waals surface area contributed by atoms with E-state index in [-0.39, 0.29) is 12.5 Å². The average molecular weight is 322 g/mol.